The minimum absolute atomic E-state index is 0.115. The Bertz CT molecular complexity index is 2740. The predicted octanol–water partition coefficient (Wildman–Crippen LogP) is 8.83. The lowest BCUT2D eigenvalue weighted by atomic mass is 9.90. The SMILES string of the molecule is CC(C)(C)OC(=O)N1CCC(c2cn(-c3ccc(F)cc3C(=O)O)c3cncnc23)CC1.COC(=O)c1cc(F)ccc1-n1cc(C2CCN(C(=O)OC(C)(C)C)CC2)c2ncncc21. The zero-order chi connectivity index (χ0) is 46.8. The number of carbonyl (C=O) groups is 4. The number of benzene rings is 2. The van der Waals surface area contributed by atoms with Crippen molar-refractivity contribution in [2.45, 2.75) is 90.3 Å². The van der Waals surface area contributed by atoms with Crippen LogP contribution >= 0.6 is 0 Å². The smallest absolute Gasteiger partial charge is 0.410 e. The van der Waals surface area contributed by atoms with Crippen LogP contribution in [0.15, 0.2) is 73.8 Å². The summed E-state index contributed by atoms with van der Waals surface area (Å²) in [5.74, 6) is -2.71. The number of methoxy groups -OCH3 is 1. The fraction of sp³-hybridized carbons (Fsp3) is 0.404. The number of hydrogen-bond donors (Lipinski definition) is 1. The van der Waals surface area contributed by atoms with E-state index < -0.39 is 34.8 Å². The number of esters is 1. The summed E-state index contributed by atoms with van der Waals surface area (Å²) >= 11 is 0. The molecule has 2 amide bonds. The van der Waals surface area contributed by atoms with E-state index >= 15 is 0 Å². The molecule has 0 unspecified atom stereocenters. The highest BCUT2D eigenvalue weighted by Gasteiger charge is 2.32. The fourth-order valence-corrected chi connectivity index (χ4v) is 8.26. The number of rotatable bonds is 6. The Balaban J connectivity index is 0.000000194. The molecule has 0 aliphatic carbocycles. The third kappa shape index (κ3) is 10.4. The van der Waals surface area contributed by atoms with E-state index in [9.17, 15) is 33.1 Å². The van der Waals surface area contributed by atoms with Crippen molar-refractivity contribution in [1.82, 2.24) is 38.9 Å². The van der Waals surface area contributed by atoms with Gasteiger partial charge in [-0.2, -0.15) is 0 Å². The van der Waals surface area contributed by atoms with Gasteiger partial charge in [-0.05, 0) is 127 Å². The number of halogens is 2. The van der Waals surface area contributed by atoms with Gasteiger partial charge in [0, 0.05) is 38.6 Å². The van der Waals surface area contributed by atoms with E-state index in [0.29, 0.717) is 48.6 Å². The maximum atomic E-state index is 13.9. The number of fused-ring (bicyclic) bond motifs is 2. The molecule has 2 saturated heterocycles. The van der Waals surface area contributed by atoms with Crippen LogP contribution in [-0.2, 0) is 14.2 Å². The first kappa shape index (κ1) is 46.0. The van der Waals surface area contributed by atoms with E-state index in [1.165, 1.54) is 38.0 Å². The molecule has 65 heavy (non-hydrogen) atoms. The molecule has 0 bridgehead atoms. The van der Waals surface area contributed by atoms with Crippen LogP contribution in [0.1, 0.15) is 111 Å². The van der Waals surface area contributed by atoms with Gasteiger partial charge in [0.1, 0.15) is 35.5 Å². The number of carboxylic acid groups (broad SMARTS) is 1. The van der Waals surface area contributed by atoms with E-state index in [1.54, 1.807) is 37.4 Å². The van der Waals surface area contributed by atoms with Crippen molar-refractivity contribution in [3.63, 3.8) is 0 Å². The number of carboxylic acids is 1. The minimum Gasteiger partial charge on any atom is -0.478 e. The zero-order valence-electron chi connectivity index (χ0n) is 37.4. The summed E-state index contributed by atoms with van der Waals surface area (Å²) in [5, 5.41) is 9.58. The molecule has 1 N–H and O–H groups in total. The average Bonchev–Trinajstić information content (AvgIpc) is 3.85. The van der Waals surface area contributed by atoms with Gasteiger partial charge in [-0.15, -0.1) is 0 Å². The van der Waals surface area contributed by atoms with Crippen molar-refractivity contribution < 1.29 is 47.3 Å². The summed E-state index contributed by atoms with van der Waals surface area (Å²) in [7, 11) is 1.26. The molecule has 2 aromatic carbocycles. The van der Waals surface area contributed by atoms with E-state index in [1.807, 2.05) is 53.9 Å². The van der Waals surface area contributed by atoms with Gasteiger partial charge in [0.15, 0.2) is 0 Å². The first-order chi connectivity index (χ1) is 30.8. The van der Waals surface area contributed by atoms with Gasteiger partial charge < -0.3 is 38.3 Å². The normalized spacial score (nSPS) is 15.1. The Morgan fingerprint density at radius 1 is 0.646 bits per heavy atom. The van der Waals surface area contributed by atoms with E-state index in [2.05, 4.69) is 19.9 Å². The Hall–Kier alpha value is -6.98. The Kier molecular flexibility index (Phi) is 13.2. The van der Waals surface area contributed by atoms with Crippen molar-refractivity contribution >= 4 is 46.2 Å². The van der Waals surface area contributed by atoms with Crippen LogP contribution in [0, 0.1) is 11.6 Å². The number of aromatic nitrogens is 6. The molecule has 6 aromatic rings. The number of piperidine rings is 2. The molecule has 4 aromatic heterocycles. The van der Waals surface area contributed by atoms with Crippen LogP contribution in [0.5, 0.6) is 0 Å². The number of hydrogen-bond acceptors (Lipinski definition) is 11. The highest BCUT2D eigenvalue weighted by atomic mass is 19.1. The minimum atomic E-state index is -1.22. The molecule has 8 rings (SSSR count). The molecule has 2 fully saturated rings. The summed E-state index contributed by atoms with van der Waals surface area (Å²) in [6, 6.07) is 7.69. The van der Waals surface area contributed by atoms with Crippen LogP contribution in [0.4, 0.5) is 18.4 Å². The van der Waals surface area contributed by atoms with Crippen LogP contribution in [0.2, 0.25) is 0 Å². The molecule has 0 spiro atoms. The summed E-state index contributed by atoms with van der Waals surface area (Å²) in [4.78, 5) is 69.5. The number of amides is 2. The third-order valence-electron chi connectivity index (χ3n) is 11.2. The molecular formula is C47H52F2N8O8. The first-order valence-corrected chi connectivity index (χ1v) is 21.3. The predicted molar refractivity (Wildman–Crippen MR) is 236 cm³/mol. The molecule has 18 heteroatoms. The number of aromatic carboxylic acids is 1. The Morgan fingerprint density at radius 3 is 1.43 bits per heavy atom. The molecule has 0 saturated carbocycles. The molecule has 0 radical (unpaired) electrons. The van der Waals surface area contributed by atoms with Gasteiger partial charge in [0.25, 0.3) is 0 Å². The maximum absolute atomic E-state index is 13.9. The highest BCUT2D eigenvalue weighted by molar-refractivity contribution is 5.95. The van der Waals surface area contributed by atoms with Gasteiger partial charge in [-0.3, -0.25) is 0 Å². The second-order valence-electron chi connectivity index (χ2n) is 18.0. The summed E-state index contributed by atoms with van der Waals surface area (Å²) in [6.07, 6.45) is 12.3. The number of likely N-dealkylation sites (tertiary alicyclic amines) is 2. The zero-order valence-corrected chi connectivity index (χ0v) is 37.4. The van der Waals surface area contributed by atoms with Gasteiger partial charge >= 0.3 is 24.1 Å². The quantitative estimate of drug-likeness (QED) is 0.124. The Labute approximate surface area is 374 Å². The number of ether oxygens (including phenoxy) is 3. The lowest BCUT2D eigenvalue weighted by molar-refractivity contribution is 0.0194. The molecular weight excluding hydrogens is 843 g/mol. The monoisotopic (exact) mass is 894 g/mol. The van der Waals surface area contributed by atoms with E-state index in [4.69, 9.17) is 14.2 Å². The second kappa shape index (κ2) is 18.6. The largest absolute Gasteiger partial charge is 0.478 e. The lowest BCUT2D eigenvalue weighted by Gasteiger charge is -2.33. The van der Waals surface area contributed by atoms with E-state index in [-0.39, 0.29) is 35.1 Å². The molecule has 2 aliphatic heterocycles. The van der Waals surface area contributed by atoms with Gasteiger partial charge in [-0.25, -0.2) is 47.9 Å². The molecule has 6 heterocycles. The summed E-state index contributed by atoms with van der Waals surface area (Å²) in [5.41, 5.74) is 4.50. The lowest BCUT2D eigenvalue weighted by Crippen LogP contribution is -2.41. The first-order valence-electron chi connectivity index (χ1n) is 21.3. The van der Waals surface area contributed by atoms with Gasteiger partial charge in [-0.1, -0.05) is 0 Å². The molecule has 16 nitrogen and oxygen atoms in total. The van der Waals surface area contributed by atoms with Gasteiger partial charge in [0.05, 0.1) is 64.1 Å². The van der Waals surface area contributed by atoms with Crippen molar-refractivity contribution in [2.75, 3.05) is 33.3 Å². The van der Waals surface area contributed by atoms with Crippen molar-refractivity contribution in [2.24, 2.45) is 0 Å². The third-order valence-corrected chi connectivity index (χ3v) is 11.2. The number of carbonyl (C=O) groups excluding carboxylic acids is 3. The van der Waals surface area contributed by atoms with Crippen LogP contribution in [0.25, 0.3) is 33.4 Å². The topological polar surface area (TPSA) is 184 Å². The second-order valence-corrected chi connectivity index (χ2v) is 18.0. The molecule has 0 atom stereocenters. The summed E-state index contributed by atoms with van der Waals surface area (Å²) in [6.45, 7) is 13.3. The van der Waals surface area contributed by atoms with Crippen molar-refractivity contribution in [1.29, 1.82) is 0 Å². The van der Waals surface area contributed by atoms with Crippen LogP contribution < -0.4 is 0 Å². The molecule has 2 aliphatic rings. The highest BCUT2D eigenvalue weighted by Crippen LogP contribution is 2.37. The van der Waals surface area contributed by atoms with Crippen molar-refractivity contribution in [3.05, 3.63) is 108 Å². The summed E-state index contributed by atoms with van der Waals surface area (Å²) < 4.78 is 46.9. The van der Waals surface area contributed by atoms with E-state index in [0.717, 1.165) is 60.0 Å². The van der Waals surface area contributed by atoms with Crippen LogP contribution in [-0.4, -0.2) is 113 Å². The van der Waals surface area contributed by atoms with Gasteiger partial charge in [0.2, 0.25) is 0 Å². The standard InChI is InChI=1S/C24H27FN4O4.C23H25FN4O4/c1-24(2,3)33-23(31)28-9-7-15(8-10-28)18-13-29(20-12-26-14-27-21(18)20)19-6-5-16(25)11-17(19)22(30)32-4;1-23(2,3)32-22(31)27-8-6-14(7-9-27)17-12-28(19-11-25-13-26-20(17)19)18-5-4-15(24)10-16(18)21(29)30/h5-6,11-15H,7-10H2,1-4H3;4-5,10-14H,6-9H2,1-3H3,(H,29,30). The number of nitrogens with zero attached hydrogens (tertiary/aromatic N) is 8. The van der Waals surface area contributed by atoms with Crippen LogP contribution in [0.3, 0.4) is 0 Å². The fourth-order valence-electron chi connectivity index (χ4n) is 8.26. The maximum Gasteiger partial charge on any atom is 0.410 e. The molecule has 342 valence electrons. The average molecular weight is 895 g/mol. The van der Waals surface area contributed by atoms with Crippen molar-refractivity contribution in [3.8, 4) is 11.4 Å². The Morgan fingerprint density at radius 2 is 1.05 bits per heavy atom.